The van der Waals surface area contributed by atoms with Gasteiger partial charge in [0, 0.05) is 48.3 Å². The number of rotatable bonds is 8. The Labute approximate surface area is 198 Å². The third-order valence-electron chi connectivity index (χ3n) is 5.37. The molecule has 0 aromatic heterocycles. The fourth-order valence-electron chi connectivity index (χ4n) is 3.67. The summed E-state index contributed by atoms with van der Waals surface area (Å²) in [6.45, 7) is 4.63. The molecule has 0 atom stereocenters. The summed E-state index contributed by atoms with van der Waals surface area (Å²) in [6, 6.07) is 13.0. The lowest BCUT2D eigenvalue weighted by molar-refractivity contribution is -0.145. The molecule has 8 heteroatoms. The van der Waals surface area contributed by atoms with Crippen molar-refractivity contribution in [2.24, 2.45) is 0 Å². The monoisotopic (exact) mass is 476 g/mol. The number of ketones is 1. The number of amides is 1. The van der Waals surface area contributed by atoms with Crippen LogP contribution in [0.5, 0.6) is 0 Å². The minimum absolute atomic E-state index is 0.00936. The lowest BCUT2D eigenvalue weighted by Crippen LogP contribution is -2.49. The molecule has 0 aliphatic carbocycles. The number of ether oxygens (including phenoxy) is 1. The Kier molecular flexibility index (Phi) is 8.53. The zero-order valence-corrected chi connectivity index (χ0v) is 19.5. The van der Waals surface area contributed by atoms with Gasteiger partial charge in [-0.25, -0.2) is 0 Å². The molecule has 0 saturated carbocycles. The molecule has 1 saturated heterocycles. The average Bonchev–Trinajstić information content (AvgIpc) is 2.77. The fourth-order valence-corrected chi connectivity index (χ4v) is 4.20. The lowest BCUT2D eigenvalue weighted by atomic mass is 10.1. The quantitative estimate of drug-likeness (QED) is 0.426. The Morgan fingerprint density at radius 3 is 2.12 bits per heavy atom. The van der Waals surface area contributed by atoms with Gasteiger partial charge in [-0.15, -0.1) is 0 Å². The summed E-state index contributed by atoms with van der Waals surface area (Å²) in [5.74, 6) is -0.643. The number of hydrogen-bond acceptors (Lipinski definition) is 5. The number of anilines is 1. The van der Waals surface area contributed by atoms with Crippen molar-refractivity contribution in [3.05, 3.63) is 63.6 Å². The fraction of sp³-hybridized carbons (Fsp3) is 0.375. The van der Waals surface area contributed by atoms with Gasteiger partial charge in [0.1, 0.15) is 12.2 Å². The van der Waals surface area contributed by atoms with Gasteiger partial charge in [-0.2, -0.15) is 0 Å². The van der Waals surface area contributed by atoms with Crippen LogP contribution in [0.1, 0.15) is 24.5 Å². The SMILES string of the molecule is CCOC(=O)CC(=O)Cc1ccc(N2CCN(C(=O)Cc3c(Cl)cccc3Cl)CC2)cc1. The first kappa shape index (κ1) is 24.1. The first-order valence-electron chi connectivity index (χ1n) is 10.6. The van der Waals surface area contributed by atoms with E-state index in [-0.39, 0.29) is 37.6 Å². The van der Waals surface area contributed by atoms with Crippen molar-refractivity contribution in [3.8, 4) is 0 Å². The smallest absolute Gasteiger partial charge is 0.313 e. The molecule has 0 unspecified atom stereocenters. The third-order valence-corrected chi connectivity index (χ3v) is 6.08. The number of halogens is 2. The topological polar surface area (TPSA) is 66.9 Å². The number of Topliss-reactive ketones (excluding diaryl/α,β-unsaturated/α-hetero) is 1. The number of hydrogen-bond donors (Lipinski definition) is 0. The van der Waals surface area contributed by atoms with Gasteiger partial charge in [-0.05, 0) is 42.3 Å². The summed E-state index contributed by atoms with van der Waals surface area (Å²) in [4.78, 5) is 40.2. The minimum atomic E-state index is -0.488. The molecular weight excluding hydrogens is 451 g/mol. The second-order valence-corrected chi connectivity index (χ2v) is 8.42. The highest BCUT2D eigenvalue weighted by molar-refractivity contribution is 6.36. The number of esters is 1. The molecule has 2 aromatic carbocycles. The summed E-state index contributed by atoms with van der Waals surface area (Å²) in [7, 11) is 0. The van der Waals surface area contributed by atoms with Crippen molar-refractivity contribution in [2.75, 3.05) is 37.7 Å². The molecule has 0 spiro atoms. The molecule has 0 N–H and O–H groups in total. The Hall–Kier alpha value is -2.57. The van der Waals surface area contributed by atoms with Crippen molar-refractivity contribution >= 4 is 46.5 Å². The molecule has 6 nitrogen and oxygen atoms in total. The largest absolute Gasteiger partial charge is 0.466 e. The molecule has 1 fully saturated rings. The van der Waals surface area contributed by atoms with Gasteiger partial charge in [0.2, 0.25) is 5.91 Å². The number of carbonyl (C=O) groups is 3. The maximum absolute atomic E-state index is 12.7. The lowest BCUT2D eigenvalue weighted by Gasteiger charge is -2.36. The third kappa shape index (κ3) is 6.47. The van der Waals surface area contributed by atoms with E-state index in [1.807, 2.05) is 29.2 Å². The summed E-state index contributed by atoms with van der Waals surface area (Å²) in [5.41, 5.74) is 2.55. The number of piperazine rings is 1. The van der Waals surface area contributed by atoms with Crippen LogP contribution in [0, 0.1) is 0 Å². The predicted molar refractivity (Wildman–Crippen MR) is 125 cm³/mol. The zero-order valence-electron chi connectivity index (χ0n) is 18.0. The Morgan fingerprint density at radius 1 is 0.906 bits per heavy atom. The Morgan fingerprint density at radius 2 is 1.53 bits per heavy atom. The van der Waals surface area contributed by atoms with Gasteiger partial charge < -0.3 is 14.5 Å². The van der Waals surface area contributed by atoms with E-state index < -0.39 is 5.97 Å². The van der Waals surface area contributed by atoms with Crippen molar-refractivity contribution in [1.82, 2.24) is 4.90 Å². The minimum Gasteiger partial charge on any atom is -0.466 e. The molecule has 32 heavy (non-hydrogen) atoms. The maximum Gasteiger partial charge on any atom is 0.313 e. The van der Waals surface area contributed by atoms with Crippen LogP contribution in [0.4, 0.5) is 5.69 Å². The van der Waals surface area contributed by atoms with E-state index in [1.165, 1.54) is 0 Å². The molecular formula is C24H26Cl2N2O4. The van der Waals surface area contributed by atoms with E-state index in [4.69, 9.17) is 27.9 Å². The van der Waals surface area contributed by atoms with E-state index in [0.717, 1.165) is 11.3 Å². The van der Waals surface area contributed by atoms with Crippen LogP contribution in [-0.2, 0) is 32.0 Å². The van der Waals surface area contributed by atoms with Gasteiger partial charge in [0.05, 0.1) is 13.0 Å². The van der Waals surface area contributed by atoms with E-state index >= 15 is 0 Å². The van der Waals surface area contributed by atoms with Gasteiger partial charge in [0.25, 0.3) is 0 Å². The standard InChI is InChI=1S/C24H26Cl2N2O4/c1-2-32-24(31)15-19(29)14-17-6-8-18(9-7-17)27-10-12-28(13-11-27)23(30)16-20-21(25)4-3-5-22(20)26/h3-9H,2,10-16H2,1H3. The average molecular weight is 477 g/mol. The number of carbonyl (C=O) groups excluding carboxylic acids is 3. The second-order valence-electron chi connectivity index (χ2n) is 7.61. The molecule has 1 heterocycles. The molecule has 170 valence electrons. The molecule has 1 aliphatic rings. The van der Waals surface area contributed by atoms with Crippen LogP contribution in [-0.4, -0.2) is 55.3 Å². The predicted octanol–water partition coefficient (Wildman–Crippen LogP) is 3.95. The zero-order chi connectivity index (χ0) is 23.1. The van der Waals surface area contributed by atoms with Gasteiger partial charge in [0.15, 0.2) is 0 Å². The van der Waals surface area contributed by atoms with Crippen LogP contribution < -0.4 is 4.90 Å². The number of nitrogens with zero attached hydrogens (tertiary/aromatic N) is 2. The molecule has 1 aliphatic heterocycles. The highest BCUT2D eigenvalue weighted by atomic mass is 35.5. The van der Waals surface area contributed by atoms with Crippen molar-refractivity contribution < 1.29 is 19.1 Å². The summed E-state index contributed by atoms with van der Waals surface area (Å²) >= 11 is 12.4. The molecule has 1 amide bonds. The summed E-state index contributed by atoms with van der Waals surface area (Å²) in [6.07, 6.45) is 0.185. The van der Waals surface area contributed by atoms with E-state index in [0.29, 0.717) is 41.8 Å². The van der Waals surface area contributed by atoms with Crippen LogP contribution in [0.25, 0.3) is 0 Å². The first-order chi connectivity index (χ1) is 15.4. The Balaban J connectivity index is 1.50. The highest BCUT2D eigenvalue weighted by Crippen LogP contribution is 2.25. The van der Waals surface area contributed by atoms with Crippen LogP contribution >= 0.6 is 23.2 Å². The highest BCUT2D eigenvalue weighted by Gasteiger charge is 2.23. The van der Waals surface area contributed by atoms with Crippen molar-refractivity contribution in [1.29, 1.82) is 0 Å². The molecule has 2 aromatic rings. The van der Waals surface area contributed by atoms with E-state index in [9.17, 15) is 14.4 Å². The van der Waals surface area contributed by atoms with Crippen molar-refractivity contribution in [2.45, 2.75) is 26.2 Å². The molecule has 0 radical (unpaired) electrons. The summed E-state index contributed by atoms with van der Waals surface area (Å²) in [5, 5.41) is 1.01. The van der Waals surface area contributed by atoms with Crippen LogP contribution in [0.15, 0.2) is 42.5 Å². The van der Waals surface area contributed by atoms with Gasteiger partial charge in [-0.1, -0.05) is 41.4 Å². The number of benzene rings is 2. The van der Waals surface area contributed by atoms with Crippen LogP contribution in [0.3, 0.4) is 0 Å². The second kappa shape index (κ2) is 11.3. The maximum atomic E-state index is 12.7. The van der Waals surface area contributed by atoms with Gasteiger partial charge in [-0.3, -0.25) is 14.4 Å². The Bertz CT molecular complexity index is 950. The van der Waals surface area contributed by atoms with E-state index in [1.54, 1.807) is 25.1 Å². The van der Waals surface area contributed by atoms with Crippen molar-refractivity contribution in [3.63, 3.8) is 0 Å². The van der Waals surface area contributed by atoms with Gasteiger partial charge >= 0.3 is 5.97 Å². The van der Waals surface area contributed by atoms with E-state index in [2.05, 4.69) is 4.90 Å². The molecule has 0 bridgehead atoms. The normalized spacial score (nSPS) is 13.7. The van der Waals surface area contributed by atoms with Crippen LogP contribution in [0.2, 0.25) is 10.0 Å². The first-order valence-corrected chi connectivity index (χ1v) is 11.3. The summed E-state index contributed by atoms with van der Waals surface area (Å²) < 4.78 is 4.81. The molecule has 3 rings (SSSR count).